The molecule has 0 fully saturated rings. The molecule has 0 saturated carbocycles. The first-order valence-corrected chi connectivity index (χ1v) is 7.36. The highest BCUT2D eigenvalue weighted by Crippen LogP contribution is 2.22. The van der Waals surface area contributed by atoms with Crippen LogP contribution >= 0.6 is 22.6 Å². The zero-order valence-corrected chi connectivity index (χ0v) is 13.2. The summed E-state index contributed by atoms with van der Waals surface area (Å²) in [5, 5.41) is 3.31. The Bertz CT molecular complexity index is 568. The summed E-state index contributed by atoms with van der Waals surface area (Å²) in [6, 6.07) is 13.6. The molecule has 0 radical (unpaired) electrons. The molecule has 1 nitrogen and oxygen atoms in total. The Balaban J connectivity index is 2.26. The van der Waals surface area contributed by atoms with Crippen molar-refractivity contribution in [3.63, 3.8) is 0 Å². The molecule has 0 amide bonds. The van der Waals surface area contributed by atoms with Gasteiger partial charge < -0.3 is 5.32 Å². The maximum atomic E-state index is 13.3. The van der Waals surface area contributed by atoms with Gasteiger partial charge in [-0.1, -0.05) is 18.2 Å². The number of benzene rings is 2. The Morgan fingerprint density at radius 1 is 1.21 bits per heavy atom. The fraction of sp³-hybridized carbons (Fsp3) is 0.250. The van der Waals surface area contributed by atoms with Gasteiger partial charge in [-0.05, 0) is 83.9 Å². The van der Waals surface area contributed by atoms with Crippen LogP contribution in [0.4, 0.5) is 4.39 Å². The van der Waals surface area contributed by atoms with Crippen molar-refractivity contribution in [2.75, 3.05) is 7.05 Å². The molecule has 0 aromatic heterocycles. The number of halogens is 2. The summed E-state index contributed by atoms with van der Waals surface area (Å²) in [5.41, 5.74) is 3.42. The molecule has 0 aliphatic rings. The van der Waals surface area contributed by atoms with Gasteiger partial charge in [0.15, 0.2) is 0 Å². The number of rotatable bonds is 4. The fourth-order valence-electron chi connectivity index (χ4n) is 2.19. The number of hydrogen-bond acceptors (Lipinski definition) is 1. The molecule has 0 aliphatic carbocycles. The van der Waals surface area contributed by atoms with Crippen LogP contribution in [-0.4, -0.2) is 7.05 Å². The van der Waals surface area contributed by atoms with Gasteiger partial charge in [-0.2, -0.15) is 0 Å². The first kappa shape index (κ1) is 14.5. The van der Waals surface area contributed by atoms with E-state index in [1.807, 2.05) is 20.0 Å². The molecule has 0 aliphatic heterocycles. The SMILES string of the molecule is CNC(Cc1cc(F)ccc1C)c1cccc(I)c1. The van der Waals surface area contributed by atoms with E-state index in [0.29, 0.717) is 0 Å². The van der Waals surface area contributed by atoms with Crippen LogP contribution in [0.25, 0.3) is 0 Å². The molecule has 0 spiro atoms. The first-order valence-electron chi connectivity index (χ1n) is 6.28. The van der Waals surface area contributed by atoms with Gasteiger partial charge in [0.2, 0.25) is 0 Å². The third-order valence-electron chi connectivity index (χ3n) is 3.33. The second-order valence-electron chi connectivity index (χ2n) is 4.67. The van der Waals surface area contributed by atoms with Gasteiger partial charge in [-0.25, -0.2) is 4.39 Å². The van der Waals surface area contributed by atoms with E-state index < -0.39 is 0 Å². The van der Waals surface area contributed by atoms with Crippen molar-refractivity contribution >= 4 is 22.6 Å². The first-order chi connectivity index (χ1) is 9.10. The zero-order valence-electron chi connectivity index (χ0n) is 11.1. The van der Waals surface area contributed by atoms with E-state index in [1.54, 1.807) is 6.07 Å². The number of likely N-dealkylation sites (N-methyl/N-ethyl adjacent to an activating group) is 1. The average Bonchev–Trinajstić information content (AvgIpc) is 2.39. The fourth-order valence-corrected chi connectivity index (χ4v) is 2.76. The van der Waals surface area contributed by atoms with Gasteiger partial charge in [0.25, 0.3) is 0 Å². The van der Waals surface area contributed by atoms with E-state index >= 15 is 0 Å². The predicted molar refractivity (Wildman–Crippen MR) is 85.8 cm³/mol. The lowest BCUT2D eigenvalue weighted by atomic mass is 9.96. The largest absolute Gasteiger partial charge is 0.313 e. The molecule has 2 aromatic carbocycles. The number of hydrogen-bond donors (Lipinski definition) is 1. The molecule has 1 unspecified atom stereocenters. The Morgan fingerprint density at radius 3 is 2.68 bits per heavy atom. The molecule has 100 valence electrons. The Labute approximate surface area is 127 Å². The normalized spacial score (nSPS) is 12.4. The van der Waals surface area contributed by atoms with Crippen LogP contribution in [-0.2, 0) is 6.42 Å². The molecule has 2 rings (SSSR count). The Hall–Kier alpha value is -0.940. The van der Waals surface area contributed by atoms with Crippen LogP contribution in [0.3, 0.4) is 0 Å². The minimum Gasteiger partial charge on any atom is -0.313 e. The van der Waals surface area contributed by atoms with E-state index in [9.17, 15) is 4.39 Å². The smallest absolute Gasteiger partial charge is 0.123 e. The van der Waals surface area contributed by atoms with Crippen molar-refractivity contribution in [1.82, 2.24) is 5.32 Å². The van der Waals surface area contributed by atoms with Crippen molar-refractivity contribution in [2.45, 2.75) is 19.4 Å². The van der Waals surface area contributed by atoms with Crippen LogP contribution in [0.5, 0.6) is 0 Å². The van der Waals surface area contributed by atoms with Crippen LogP contribution < -0.4 is 5.32 Å². The topological polar surface area (TPSA) is 12.0 Å². The zero-order chi connectivity index (χ0) is 13.8. The lowest BCUT2D eigenvalue weighted by molar-refractivity contribution is 0.582. The molecule has 0 bridgehead atoms. The van der Waals surface area contributed by atoms with E-state index in [1.165, 1.54) is 15.2 Å². The second kappa shape index (κ2) is 6.48. The number of aryl methyl sites for hydroxylation is 1. The molecule has 1 N–H and O–H groups in total. The molecular formula is C16H17FIN. The molecule has 1 atom stereocenters. The highest BCUT2D eigenvalue weighted by atomic mass is 127. The van der Waals surface area contributed by atoms with Crippen molar-refractivity contribution in [1.29, 1.82) is 0 Å². The molecular weight excluding hydrogens is 352 g/mol. The minimum atomic E-state index is -0.168. The summed E-state index contributed by atoms with van der Waals surface area (Å²) in [5.74, 6) is -0.168. The van der Waals surface area contributed by atoms with E-state index in [2.05, 4.69) is 52.2 Å². The number of nitrogens with one attached hydrogen (secondary N) is 1. The van der Waals surface area contributed by atoms with Crippen LogP contribution in [0, 0.1) is 16.3 Å². The lowest BCUT2D eigenvalue weighted by Gasteiger charge is -2.18. The minimum absolute atomic E-state index is 0.168. The van der Waals surface area contributed by atoms with Gasteiger partial charge in [-0.15, -0.1) is 0 Å². The summed E-state index contributed by atoms with van der Waals surface area (Å²) in [6.07, 6.45) is 0.792. The van der Waals surface area contributed by atoms with Gasteiger partial charge >= 0.3 is 0 Å². The maximum absolute atomic E-state index is 13.3. The second-order valence-corrected chi connectivity index (χ2v) is 5.92. The van der Waals surface area contributed by atoms with Crippen LogP contribution in [0.2, 0.25) is 0 Å². The Kier molecular flexibility index (Phi) is 4.93. The molecule has 0 saturated heterocycles. The summed E-state index contributed by atoms with van der Waals surface area (Å²) in [4.78, 5) is 0. The predicted octanol–water partition coefficient (Wildman–Crippen LogP) is 4.24. The molecule has 2 aromatic rings. The van der Waals surface area contributed by atoms with Crippen molar-refractivity contribution < 1.29 is 4.39 Å². The van der Waals surface area contributed by atoms with Crippen molar-refractivity contribution in [2.24, 2.45) is 0 Å². The average molecular weight is 369 g/mol. The Morgan fingerprint density at radius 2 is 2.00 bits per heavy atom. The van der Waals surface area contributed by atoms with Gasteiger partial charge in [0.05, 0.1) is 0 Å². The molecule has 3 heteroatoms. The third kappa shape index (κ3) is 3.76. The van der Waals surface area contributed by atoms with Crippen LogP contribution in [0.1, 0.15) is 22.7 Å². The summed E-state index contributed by atoms with van der Waals surface area (Å²) in [7, 11) is 1.94. The summed E-state index contributed by atoms with van der Waals surface area (Å²) < 4.78 is 14.6. The van der Waals surface area contributed by atoms with Gasteiger partial charge in [0, 0.05) is 9.61 Å². The molecule has 19 heavy (non-hydrogen) atoms. The van der Waals surface area contributed by atoms with E-state index in [4.69, 9.17) is 0 Å². The van der Waals surface area contributed by atoms with Gasteiger partial charge in [-0.3, -0.25) is 0 Å². The standard InChI is InChI=1S/C16H17FIN/c1-11-6-7-14(17)8-13(11)10-16(19-2)12-4-3-5-15(18)9-12/h3-9,16,19H,10H2,1-2H3. The summed E-state index contributed by atoms with van der Waals surface area (Å²) in [6.45, 7) is 2.02. The van der Waals surface area contributed by atoms with Gasteiger partial charge in [0.1, 0.15) is 5.82 Å². The maximum Gasteiger partial charge on any atom is 0.123 e. The third-order valence-corrected chi connectivity index (χ3v) is 4.01. The highest BCUT2D eigenvalue weighted by molar-refractivity contribution is 14.1. The quantitative estimate of drug-likeness (QED) is 0.795. The highest BCUT2D eigenvalue weighted by Gasteiger charge is 2.12. The summed E-state index contributed by atoms with van der Waals surface area (Å²) >= 11 is 2.31. The molecule has 0 heterocycles. The monoisotopic (exact) mass is 369 g/mol. The van der Waals surface area contributed by atoms with E-state index in [0.717, 1.165) is 17.5 Å². The van der Waals surface area contributed by atoms with E-state index in [-0.39, 0.29) is 11.9 Å². The van der Waals surface area contributed by atoms with Crippen LogP contribution in [0.15, 0.2) is 42.5 Å². The lowest BCUT2D eigenvalue weighted by Crippen LogP contribution is -2.19. The van der Waals surface area contributed by atoms with Crippen molar-refractivity contribution in [3.8, 4) is 0 Å². The van der Waals surface area contributed by atoms with Crippen molar-refractivity contribution in [3.05, 3.63) is 68.5 Å².